The number of aliphatic hydroxyl groups excluding tert-OH is 1. The number of nitrogens with one attached hydrogen (secondary N) is 2. The first-order valence-electron chi connectivity index (χ1n) is 6.37. The highest BCUT2D eigenvalue weighted by atomic mass is 16.5. The van der Waals surface area contributed by atoms with Gasteiger partial charge in [-0.05, 0) is 24.6 Å². The molecule has 19 heavy (non-hydrogen) atoms. The van der Waals surface area contributed by atoms with Crippen LogP contribution in [-0.2, 0) is 10.2 Å². The number of carbonyl (C=O) groups excluding carboxylic acids is 1. The fourth-order valence-electron chi connectivity index (χ4n) is 2.10. The molecule has 0 radical (unpaired) electrons. The molecule has 1 atom stereocenters. The minimum Gasteiger partial charge on any atom is -0.479 e. The van der Waals surface area contributed by atoms with Gasteiger partial charge in [-0.2, -0.15) is 0 Å². The van der Waals surface area contributed by atoms with E-state index in [1.807, 2.05) is 18.2 Å². The number of carbonyl (C=O) groups is 1. The molecule has 1 amide bonds. The van der Waals surface area contributed by atoms with Gasteiger partial charge < -0.3 is 15.2 Å². The molecule has 1 aromatic rings. The van der Waals surface area contributed by atoms with Crippen LogP contribution in [0.15, 0.2) is 18.2 Å². The Morgan fingerprint density at radius 1 is 1.47 bits per heavy atom. The third kappa shape index (κ3) is 2.88. The first kappa shape index (κ1) is 13.8. The lowest BCUT2D eigenvalue weighted by atomic mass is 9.84. The number of anilines is 1. The van der Waals surface area contributed by atoms with Gasteiger partial charge in [0.2, 0.25) is 0 Å². The third-order valence-corrected chi connectivity index (χ3v) is 3.37. The van der Waals surface area contributed by atoms with E-state index in [1.165, 1.54) is 0 Å². The smallest absolute Gasteiger partial charge is 0.265 e. The van der Waals surface area contributed by atoms with E-state index < -0.39 is 6.10 Å². The van der Waals surface area contributed by atoms with Crippen LogP contribution in [0.5, 0.6) is 5.75 Å². The predicted molar refractivity (Wildman–Crippen MR) is 73.3 cm³/mol. The van der Waals surface area contributed by atoms with Crippen LogP contribution >= 0.6 is 0 Å². The Labute approximate surface area is 113 Å². The Hall–Kier alpha value is -1.59. The van der Waals surface area contributed by atoms with Gasteiger partial charge in [-0.1, -0.05) is 19.9 Å². The number of amides is 1. The van der Waals surface area contributed by atoms with Gasteiger partial charge in [0.1, 0.15) is 5.75 Å². The van der Waals surface area contributed by atoms with E-state index >= 15 is 0 Å². The molecular formula is C14H20N2O3. The quantitative estimate of drug-likeness (QED) is 0.715. The van der Waals surface area contributed by atoms with Gasteiger partial charge in [0.15, 0.2) is 6.10 Å². The number of benzene rings is 1. The Morgan fingerprint density at radius 3 is 2.89 bits per heavy atom. The van der Waals surface area contributed by atoms with Gasteiger partial charge in [0, 0.05) is 12.0 Å². The normalized spacial score (nSPS) is 18.5. The number of ether oxygens (including phenoxy) is 1. The van der Waals surface area contributed by atoms with Crippen LogP contribution in [0.2, 0.25) is 0 Å². The fourth-order valence-corrected chi connectivity index (χ4v) is 2.10. The van der Waals surface area contributed by atoms with Crippen molar-refractivity contribution >= 4 is 11.6 Å². The van der Waals surface area contributed by atoms with Crippen molar-refractivity contribution < 1.29 is 14.6 Å². The van der Waals surface area contributed by atoms with Crippen molar-refractivity contribution in [3.63, 3.8) is 0 Å². The van der Waals surface area contributed by atoms with E-state index in [4.69, 9.17) is 9.84 Å². The van der Waals surface area contributed by atoms with Crippen molar-refractivity contribution in [1.82, 2.24) is 5.32 Å². The second kappa shape index (κ2) is 5.19. The summed E-state index contributed by atoms with van der Waals surface area (Å²) in [6, 6.07) is 5.79. The fraction of sp³-hybridized carbons (Fsp3) is 0.500. The number of aliphatic hydroxyl groups is 1. The summed E-state index contributed by atoms with van der Waals surface area (Å²) in [6.07, 6.45) is -0.456. The first-order valence-corrected chi connectivity index (χ1v) is 6.37. The van der Waals surface area contributed by atoms with Gasteiger partial charge >= 0.3 is 0 Å². The summed E-state index contributed by atoms with van der Waals surface area (Å²) in [5.41, 5.74) is 1.63. The van der Waals surface area contributed by atoms with Crippen molar-refractivity contribution in [3.05, 3.63) is 23.8 Å². The van der Waals surface area contributed by atoms with Crippen molar-refractivity contribution in [3.8, 4) is 5.75 Å². The minimum atomic E-state index is -0.456. The molecule has 1 aromatic carbocycles. The largest absolute Gasteiger partial charge is 0.479 e. The van der Waals surface area contributed by atoms with Crippen molar-refractivity contribution in [2.45, 2.75) is 32.3 Å². The zero-order chi connectivity index (χ0) is 14.0. The summed E-state index contributed by atoms with van der Waals surface area (Å²) >= 11 is 0. The third-order valence-electron chi connectivity index (χ3n) is 3.37. The summed E-state index contributed by atoms with van der Waals surface area (Å²) in [4.78, 5) is 11.6. The van der Waals surface area contributed by atoms with Gasteiger partial charge in [0.25, 0.3) is 5.91 Å². The summed E-state index contributed by atoms with van der Waals surface area (Å²) in [5.74, 6) is 0.567. The van der Waals surface area contributed by atoms with Crippen molar-refractivity contribution in [1.29, 1.82) is 0 Å². The molecule has 104 valence electrons. The van der Waals surface area contributed by atoms with Gasteiger partial charge in [-0.3, -0.25) is 10.1 Å². The number of hydrogen-bond acceptors (Lipinski definition) is 4. The predicted octanol–water partition coefficient (Wildman–Crippen LogP) is 1.22. The van der Waals surface area contributed by atoms with Crippen molar-refractivity contribution in [2.75, 3.05) is 18.6 Å². The summed E-state index contributed by atoms with van der Waals surface area (Å²) < 4.78 is 5.53. The molecule has 1 heterocycles. The van der Waals surface area contributed by atoms with Crippen LogP contribution in [0, 0.1) is 0 Å². The van der Waals surface area contributed by atoms with Crippen LogP contribution in [0.4, 0.5) is 5.69 Å². The van der Waals surface area contributed by atoms with Gasteiger partial charge in [-0.15, -0.1) is 0 Å². The molecule has 5 heteroatoms. The highest BCUT2D eigenvalue weighted by Crippen LogP contribution is 2.34. The lowest BCUT2D eigenvalue weighted by Crippen LogP contribution is -2.36. The molecule has 2 rings (SSSR count). The molecule has 1 aliphatic rings. The van der Waals surface area contributed by atoms with E-state index in [2.05, 4.69) is 24.5 Å². The maximum atomic E-state index is 11.6. The van der Waals surface area contributed by atoms with Crippen LogP contribution in [0.3, 0.4) is 0 Å². The lowest BCUT2D eigenvalue weighted by molar-refractivity contribution is -0.122. The van der Waals surface area contributed by atoms with Crippen molar-refractivity contribution in [2.24, 2.45) is 0 Å². The zero-order valence-corrected chi connectivity index (χ0v) is 11.5. The van der Waals surface area contributed by atoms with E-state index in [1.54, 1.807) is 6.92 Å². The molecule has 5 nitrogen and oxygen atoms in total. The Balaban J connectivity index is 2.26. The average molecular weight is 264 g/mol. The van der Waals surface area contributed by atoms with E-state index in [0.29, 0.717) is 18.0 Å². The first-order chi connectivity index (χ1) is 8.94. The van der Waals surface area contributed by atoms with E-state index in [-0.39, 0.29) is 18.1 Å². The zero-order valence-electron chi connectivity index (χ0n) is 11.5. The van der Waals surface area contributed by atoms with Crippen LogP contribution in [0.25, 0.3) is 0 Å². The Kier molecular flexibility index (Phi) is 3.78. The molecule has 1 aliphatic heterocycles. The maximum Gasteiger partial charge on any atom is 0.265 e. The monoisotopic (exact) mass is 264 g/mol. The minimum absolute atomic E-state index is 0.0499. The topological polar surface area (TPSA) is 70.6 Å². The number of fused-ring (bicyclic) bond motifs is 1. The second-order valence-corrected chi connectivity index (χ2v) is 5.43. The molecular weight excluding hydrogens is 244 g/mol. The highest BCUT2D eigenvalue weighted by Gasteiger charge is 2.26. The molecule has 0 bridgehead atoms. The number of hydrogen-bond donors (Lipinski definition) is 3. The van der Waals surface area contributed by atoms with E-state index in [9.17, 15) is 4.79 Å². The standard InChI is InChI=1S/C14H20N2O3/c1-9-13(18)16-11-6-10(4-5-12(11)19-9)14(2,3)7-15-8-17/h4-6,9,15,17H,7-8H2,1-3H3,(H,16,18). The molecule has 0 saturated carbocycles. The molecule has 0 fully saturated rings. The summed E-state index contributed by atoms with van der Waals surface area (Å²) in [7, 11) is 0. The summed E-state index contributed by atoms with van der Waals surface area (Å²) in [5, 5.41) is 14.6. The molecule has 1 unspecified atom stereocenters. The highest BCUT2D eigenvalue weighted by molar-refractivity contribution is 5.97. The molecule has 0 saturated heterocycles. The lowest BCUT2D eigenvalue weighted by Gasteiger charge is -2.29. The van der Waals surface area contributed by atoms with Gasteiger partial charge in [0.05, 0.1) is 12.4 Å². The number of rotatable bonds is 4. The Bertz CT molecular complexity index is 486. The average Bonchev–Trinajstić information content (AvgIpc) is 2.37. The molecule has 0 aliphatic carbocycles. The summed E-state index contributed by atoms with van der Waals surface area (Å²) in [6.45, 7) is 6.47. The SMILES string of the molecule is CC1Oc2ccc(C(C)(C)CNCO)cc2NC1=O. The van der Waals surface area contributed by atoms with Crippen LogP contribution < -0.4 is 15.4 Å². The molecule has 3 N–H and O–H groups in total. The van der Waals surface area contributed by atoms with Crippen LogP contribution in [-0.4, -0.2) is 30.4 Å². The Morgan fingerprint density at radius 2 is 2.21 bits per heavy atom. The van der Waals surface area contributed by atoms with Gasteiger partial charge in [-0.25, -0.2) is 0 Å². The van der Waals surface area contributed by atoms with Crippen LogP contribution in [0.1, 0.15) is 26.3 Å². The second-order valence-electron chi connectivity index (χ2n) is 5.43. The molecule has 0 spiro atoms. The maximum absolute atomic E-state index is 11.6. The molecule has 0 aromatic heterocycles. The van der Waals surface area contributed by atoms with E-state index in [0.717, 1.165) is 5.56 Å².